The lowest BCUT2D eigenvalue weighted by Crippen LogP contribution is -2.37. The fraction of sp³-hybridized carbons (Fsp3) is 0.333. The molecule has 4 N–H and O–H groups in total. The second kappa shape index (κ2) is 11.7. The van der Waals surface area contributed by atoms with Gasteiger partial charge in [0.15, 0.2) is 21.5 Å². The first-order valence-corrected chi connectivity index (χ1v) is 13.9. The van der Waals surface area contributed by atoms with Crippen molar-refractivity contribution in [2.75, 3.05) is 22.5 Å². The van der Waals surface area contributed by atoms with E-state index in [0.717, 1.165) is 17.5 Å². The van der Waals surface area contributed by atoms with Crippen molar-refractivity contribution in [3.8, 4) is 0 Å². The maximum atomic E-state index is 14.5. The highest BCUT2D eigenvalue weighted by atomic mass is 32.2. The van der Waals surface area contributed by atoms with Crippen molar-refractivity contribution in [2.45, 2.75) is 49.7 Å². The molecule has 0 aliphatic rings. The Balaban J connectivity index is 1.68. The number of nitrogens with one attached hydrogen (secondary N) is 4. The van der Waals surface area contributed by atoms with Crippen molar-refractivity contribution in [1.29, 1.82) is 0 Å². The van der Waals surface area contributed by atoms with Crippen LogP contribution in [-0.4, -0.2) is 47.8 Å². The number of halogens is 1. The number of hydrogen-bond donors (Lipinski definition) is 4. The first-order chi connectivity index (χ1) is 17.7. The Morgan fingerprint density at radius 2 is 1.84 bits per heavy atom. The van der Waals surface area contributed by atoms with E-state index >= 15 is 0 Å². The number of sulfone groups is 1. The predicted molar refractivity (Wildman–Crippen MR) is 145 cm³/mol. The van der Waals surface area contributed by atoms with Gasteiger partial charge < -0.3 is 26.0 Å². The van der Waals surface area contributed by atoms with E-state index in [1.165, 1.54) is 0 Å². The topological polar surface area (TPSA) is 151 Å². The molecular formula is C24H29FN6O5S2. The minimum absolute atomic E-state index is 0.0347. The lowest BCUT2D eigenvalue weighted by Gasteiger charge is -2.19. The highest BCUT2D eigenvalue weighted by Gasteiger charge is 2.25. The quantitative estimate of drug-likeness (QED) is 0.287. The van der Waals surface area contributed by atoms with Crippen LogP contribution in [0.5, 0.6) is 0 Å². The van der Waals surface area contributed by atoms with Crippen LogP contribution in [0.2, 0.25) is 0 Å². The van der Waals surface area contributed by atoms with Crippen LogP contribution in [0.15, 0.2) is 46.1 Å². The van der Waals surface area contributed by atoms with Gasteiger partial charge >= 0.3 is 6.09 Å². The number of amides is 2. The third kappa shape index (κ3) is 7.86. The van der Waals surface area contributed by atoms with E-state index in [-0.39, 0.29) is 28.2 Å². The van der Waals surface area contributed by atoms with Gasteiger partial charge in [-0.2, -0.15) is 4.98 Å². The maximum absolute atomic E-state index is 14.5. The highest BCUT2D eigenvalue weighted by Crippen LogP contribution is 2.33. The van der Waals surface area contributed by atoms with Crippen LogP contribution in [0, 0.1) is 5.82 Å². The molecule has 0 bridgehead atoms. The molecule has 2 heterocycles. The molecule has 38 heavy (non-hydrogen) atoms. The summed E-state index contributed by atoms with van der Waals surface area (Å²) in [5, 5.41) is 11.6. The Bertz CT molecular complexity index is 1420. The van der Waals surface area contributed by atoms with Crippen molar-refractivity contribution in [2.24, 2.45) is 0 Å². The number of alkyl carbamates (subject to hydrolysis) is 1. The molecule has 0 aliphatic heterocycles. The number of hydrogen-bond acceptors (Lipinski definition) is 10. The summed E-state index contributed by atoms with van der Waals surface area (Å²) in [5.74, 6) is -1.42. The van der Waals surface area contributed by atoms with Crippen molar-refractivity contribution in [3.05, 3.63) is 47.7 Å². The van der Waals surface area contributed by atoms with Crippen molar-refractivity contribution >= 4 is 62.0 Å². The molecule has 0 fully saturated rings. The van der Waals surface area contributed by atoms with E-state index in [9.17, 15) is 22.4 Å². The number of carbonyl (C=O) groups is 2. The summed E-state index contributed by atoms with van der Waals surface area (Å²) in [4.78, 5) is 32.0. The maximum Gasteiger partial charge on any atom is 0.408 e. The molecule has 3 aromatic rings. The molecule has 14 heteroatoms. The highest BCUT2D eigenvalue weighted by molar-refractivity contribution is 7.94. The Hall–Kier alpha value is -3.78. The number of rotatable bonds is 9. The number of carbonyl (C=O) groups excluding carboxylic acids is 2. The summed E-state index contributed by atoms with van der Waals surface area (Å²) in [5.41, 5.74) is 0.445. The van der Waals surface area contributed by atoms with Gasteiger partial charge in [0.25, 0.3) is 0 Å². The van der Waals surface area contributed by atoms with Gasteiger partial charge in [0.05, 0.1) is 17.1 Å². The largest absolute Gasteiger partial charge is 0.444 e. The molecule has 0 spiro atoms. The average Bonchev–Trinajstić information content (AvgIpc) is 3.28. The van der Waals surface area contributed by atoms with Crippen LogP contribution in [0.25, 0.3) is 0 Å². The molecule has 0 atom stereocenters. The molecule has 0 saturated heterocycles. The Morgan fingerprint density at radius 1 is 1.13 bits per heavy atom. The van der Waals surface area contributed by atoms with E-state index < -0.39 is 38.5 Å². The normalized spacial score (nSPS) is 11.7. The fourth-order valence-corrected chi connectivity index (χ4v) is 5.65. The van der Waals surface area contributed by atoms with Gasteiger partial charge in [-0.3, -0.25) is 4.79 Å². The predicted octanol–water partition coefficient (Wildman–Crippen LogP) is 4.81. The summed E-state index contributed by atoms with van der Waals surface area (Å²) >= 11 is 1.03. The summed E-state index contributed by atoms with van der Waals surface area (Å²) < 4.78 is 44.9. The minimum atomic E-state index is -3.58. The molecule has 0 aliphatic carbocycles. The van der Waals surface area contributed by atoms with Crippen LogP contribution in [-0.2, 0) is 19.4 Å². The standard InChI is InChI=1S/C24H29FN6O5S2/c1-14(2)38(34,35)21-18(9-10-37-21)30-20-17(25)12-26-22(31-20)29-16-8-6-7-15(11-16)28-19(32)13-27-23(33)36-24(3,4)5/h6-12,14H,13H2,1-5H3,(H,27,33)(H,28,32)(H2,26,29,30,31). The van der Waals surface area contributed by atoms with Crippen LogP contribution in [0.1, 0.15) is 34.6 Å². The van der Waals surface area contributed by atoms with Gasteiger partial charge in [0.1, 0.15) is 16.4 Å². The zero-order chi connectivity index (χ0) is 28.1. The van der Waals surface area contributed by atoms with Crippen molar-refractivity contribution in [1.82, 2.24) is 15.3 Å². The SMILES string of the molecule is CC(C)S(=O)(=O)c1sccc1Nc1nc(Nc2cccc(NC(=O)CNC(=O)OC(C)(C)C)c2)ncc1F. The monoisotopic (exact) mass is 564 g/mol. The number of thiophene rings is 1. The lowest BCUT2D eigenvalue weighted by molar-refractivity contribution is -0.115. The van der Waals surface area contributed by atoms with E-state index in [2.05, 4.69) is 31.2 Å². The smallest absolute Gasteiger partial charge is 0.408 e. The molecule has 0 radical (unpaired) electrons. The number of ether oxygens (including phenoxy) is 1. The summed E-state index contributed by atoms with van der Waals surface area (Å²) in [6.07, 6.45) is 0.242. The molecule has 2 amide bonds. The minimum Gasteiger partial charge on any atom is -0.444 e. The van der Waals surface area contributed by atoms with Crippen LogP contribution < -0.4 is 21.3 Å². The molecule has 1 aromatic carbocycles. The summed E-state index contributed by atoms with van der Waals surface area (Å²) in [6.45, 7) is 7.99. The molecule has 11 nitrogen and oxygen atoms in total. The Labute approximate surface area is 224 Å². The van der Waals surface area contributed by atoms with Gasteiger partial charge in [0.2, 0.25) is 11.9 Å². The summed E-state index contributed by atoms with van der Waals surface area (Å²) in [6, 6.07) is 8.12. The number of aromatic nitrogens is 2. The zero-order valence-electron chi connectivity index (χ0n) is 21.5. The van der Waals surface area contributed by atoms with Gasteiger partial charge in [-0.15, -0.1) is 11.3 Å². The van der Waals surface area contributed by atoms with Crippen LogP contribution in [0.3, 0.4) is 0 Å². The number of benzene rings is 1. The van der Waals surface area contributed by atoms with Crippen molar-refractivity contribution in [3.63, 3.8) is 0 Å². The lowest BCUT2D eigenvalue weighted by atomic mass is 10.2. The van der Waals surface area contributed by atoms with Crippen molar-refractivity contribution < 1.29 is 27.1 Å². The van der Waals surface area contributed by atoms with E-state index in [0.29, 0.717) is 11.4 Å². The molecule has 0 unspecified atom stereocenters. The second-order valence-electron chi connectivity index (χ2n) is 9.34. The first-order valence-electron chi connectivity index (χ1n) is 11.5. The van der Waals surface area contributed by atoms with Gasteiger partial charge in [0, 0.05) is 11.4 Å². The van der Waals surface area contributed by atoms with E-state index in [1.54, 1.807) is 70.3 Å². The second-order valence-corrected chi connectivity index (χ2v) is 13.0. The Kier molecular flexibility index (Phi) is 8.89. The molecular weight excluding hydrogens is 535 g/mol. The van der Waals surface area contributed by atoms with Gasteiger partial charge in [-0.1, -0.05) is 6.07 Å². The molecule has 0 saturated carbocycles. The molecule has 3 rings (SSSR count). The fourth-order valence-electron chi connectivity index (χ4n) is 2.94. The molecule has 2 aromatic heterocycles. The van der Waals surface area contributed by atoms with Crippen LogP contribution >= 0.6 is 11.3 Å². The van der Waals surface area contributed by atoms with Gasteiger partial charge in [-0.05, 0) is 64.3 Å². The first kappa shape index (κ1) is 28.8. The van der Waals surface area contributed by atoms with E-state index in [1.807, 2.05) is 0 Å². The zero-order valence-corrected chi connectivity index (χ0v) is 23.1. The Morgan fingerprint density at radius 3 is 2.53 bits per heavy atom. The third-order valence-electron chi connectivity index (χ3n) is 4.70. The number of nitrogens with zero attached hydrogens (tertiary/aromatic N) is 2. The number of anilines is 5. The molecule has 204 valence electrons. The summed E-state index contributed by atoms with van der Waals surface area (Å²) in [7, 11) is -3.58. The van der Waals surface area contributed by atoms with Gasteiger partial charge in [-0.25, -0.2) is 22.6 Å². The van der Waals surface area contributed by atoms with E-state index in [4.69, 9.17) is 4.74 Å². The third-order valence-corrected chi connectivity index (χ3v) is 8.37. The average molecular weight is 565 g/mol. The van der Waals surface area contributed by atoms with Crippen LogP contribution in [0.4, 0.5) is 38.0 Å².